The van der Waals surface area contributed by atoms with Gasteiger partial charge in [-0.1, -0.05) is 36.4 Å². The van der Waals surface area contributed by atoms with Crippen LogP contribution in [-0.4, -0.2) is 30.2 Å². The number of benzene rings is 3. The highest BCUT2D eigenvalue weighted by atomic mass is 19.1. The van der Waals surface area contributed by atoms with Crippen molar-refractivity contribution in [1.82, 2.24) is 4.57 Å². The van der Waals surface area contributed by atoms with Crippen molar-refractivity contribution in [2.24, 2.45) is 0 Å². The number of carbonyl (C=O) groups excluding carboxylic acids is 2. The third-order valence-corrected chi connectivity index (χ3v) is 7.24. The molecule has 44 heavy (non-hydrogen) atoms. The minimum absolute atomic E-state index is 0.155. The predicted molar refractivity (Wildman–Crippen MR) is 150 cm³/mol. The number of methoxy groups -OCH3 is 1. The van der Waals surface area contributed by atoms with Crippen LogP contribution in [0.4, 0.5) is 23.2 Å². The third kappa shape index (κ3) is 6.29. The number of pyridine rings is 1. The number of fused-ring (bicyclic) bond motifs is 1. The molecule has 0 aliphatic carbocycles. The fourth-order valence-corrected chi connectivity index (χ4v) is 4.98. The van der Waals surface area contributed by atoms with Gasteiger partial charge in [-0.05, 0) is 30.5 Å². The van der Waals surface area contributed by atoms with Crippen LogP contribution in [0.1, 0.15) is 50.0 Å². The summed E-state index contributed by atoms with van der Waals surface area (Å²) in [5.74, 6) is -6.86. The molecule has 1 atom stereocenters. The molecule has 0 unspecified atom stereocenters. The topological polar surface area (TPSA) is 95.9 Å². The molecule has 1 aliphatic rings. The van der Waals surface area contributed by atoms with E-state index in [1.807, 2.05) is 0 Å². The zero-order valence-corrected chi connectivity index (χ0v) is 23.4. The smallest absolute Gasteiger partial charge is 0.358 e. The molecule has 0 saturated carbocycles. The second-order valence-electron chi connectivity index (χ2n) is 9.99. The van der Waals surface area contributed by atoms with E-state index < -0.39 is 70.2 Å². The zero-order valence-electron chi connectivity index (χ0n) is 23.4. The summed E-state index contributed by atoms with van der Waals surface area (Å²) >= 11 is 0. The Hall–Kier alpha value is -5.13. The van der Waals surface area contributed by atoms with Crippen molar-refractivity contribution >= 4 is 17.6 Å². The van der Waals surface area contributed by atoms with Crippen molar-refractivity contribution in [3.05, 3.63) is 128 Å². The molecule has 0 amide bonds. The number of ether oxygens (including phenoxy) is 3. The average Bonchev–Trinajstić information content (AvgIpc) is 3.23. The fourth-order valence-electron chi connectivity index (χ4n) is 4.98. The molecule has 1 N–H and O–H groups in total. The van der Waals surface area contributed by atoms with Crippen LogP contribution in [0.2, 0.25) is 0 Å². The summed E-state index contributed by atoms with van der Waals surface area (Å²) in [7, 11) is 1.11. The van der Waals surface area contributed by atoms with E-state index in [-0.39, 0.29) is 31.7 Å². The van der Waals surface area contributed by atoms with Crippen molar-refractivity contribution < 1.29 is 41.4 Å². The normalized spacial score (nSPS) is 14.2. The van der Waals surface area contributed by atoms with Crippen LogP contribution < -0.4 is 15.5 Å². The van der Waals surface area contributed by atoms with Crippen LogP contribution >= 0.6 is 0 Å². The lowest BCUT2D eigenvalue weighted by molar-refractivity contribution is 0.0457. The second kappa shape index (κ2) is 13.0. The van der Waals surface area contributed by atoms with Gasteiger partial charge in [-0.15, -0.1) is 0 Å². The number of esters is 2. The Labute approximate surface area is 248 Å². The first kappa shape index (κ1) is 30.3. The molecule has 8 nitrogen and oxygen atoms in total. The molecule has 0 spiro atoms. The minimum atomic E-state index is -1.28. The van der Waals surface area contributed by atoms with E-state index in [0.717, 1.165) is 13.3 Å². The number of rotatable bonds is 8. The highest BCUT2D eigenvalue weighted by Crippen LogP contribution is 2.31. The summed E-state index contributed by atoms with van der Waals surface area (Å²) in [4.78, 5) is 40.1. The summed E-state index contributed by atoms with van der Waals surface area (Å²) in [6, 6.07) is 13.5. The van der Waals surface area contributed by atoms with E-state index in [2.05, 4.69) is 5.32 Å². The maximum atomic E-state index is 14.6. The van der Waals surface area contributed by atoms with Gasteiger partial charge in [0.05, 0.1) is 18.7 Å². The van der Waals surface area contributed by atoms with Crippen molar-refractivity contribution in [2.45, 2.75) is 32.1 Å². The molecule has 2 heterocycles. The number of nitrogens with one attached hydrogen (secondary N) is 1. The van der Waals surface area contributed by atoms with Gasteiger partial charge >= 0.3 is 11.9 Å². The predicted octanol–water partition coefficient (Wildman–Crippen LogP) is 5.73. The van der Waals surface area contributed by atoms with E-state index in [1.165, 1.54) is 10.6 Å². The van der Waals surface area contributed by atoms with Gasteiger partial charge in [-0.25, -0.2) is 27.2 Å². The average molecular weight is 611 g/mol. The molecular formula is C32H26F4N2O6. The van der Waals surface area contributed by atoms with Gasteiger partial charge in [0.1, 0.15) is 42.0 Å². The number of carbonyl (C=O) groups is 2. The number of hydrogen-bond acceptors (Lipinski definition) is 7. The van der Waals surface area contributed by atoms with Gasteiger partial charge in [-0.3, -0.25) is 4.79 Å². The quantitative estimate of drug-likeness (QED) is 0.201. The number of nitrogens with zero attached hydrogens (tertiary/aromatic N) is 1. The van der Waals surface area contributed by atoms with E-state index >= 15 is 0 Å². The van der Waals surface area contributed by atoms with E-state index in [0.29, 0.717) is 28.9 Å². The van der Waals surface area contributed by atoms with Gasteiger partial charge in [0.15, 0.2) is 11.4 Å². The summed E-state index contributed by atoms with van der Waals surface area (Å²) in [6.45, 7) is -0.958. The molecule has 12 heteroatoms. The molecule has 1 aromatic heterocycles. The monoisotopic (exact) mass is 610 g/mol. The van der Waals surface area contributed by atoms with Crippen molar-refractivity contribution in [3.8, 4) is 5.75 Å². The maximum Gasteiger partial charge on any atom is 0.358 e. The van der Waals surface area contributed by atoms with Crippen molar-refractivity contribution in [3.63, 3.8) is 0 Å². The zero-order chi connectivity index (χ0) is 31.4. The van der Waals surface area contributed by atoms with Gasteiger partial charge in [0, 0.05) is 36.1 Å². The first-order chi connectivity index (χ1) is 21.2. The summed E-state index contributed by atoms with van der Waals surface area (Å²) in [5, 5.41) is 3.14. The molecule has 0 saturated heterocycles. The van der Waals surface area contributed by atoms with Crippen LogP contribution in [0, 0.1) is 23.3 Å². The molecule has 4 aromatic rings. The molecule has 5 rings (SSSR count). The SMILES string of the molecule is COC(=O)c1c(OCc2ccccc2)c(=O)c(C(=O)OCc2c(F)cc(F)cc2F)cn1[C@@H]1CCc2c(F)cccc2NC1. The van der Waals surface area contributed by atoms with E-state index in [9.17, 15) is 31.9 Å². The van der Waals surface area contributed by atoms with Gasteiger partial charge in [-0.2, -0.15) is 0 Å². The highest BCUT2D eigenvalue weighted by molar-refractivity contribution is 5.94. The Morgan fingerprint density at radius 2 is 1.66 bits per heavy atom. The number of aromatic nitrogens is 1. The Kier molecular flexibility index (Phi) is 8.98. The molecule has 1 aliphatic heterocycles. The van der Waals surface area contributed by atoms with Crippen LogP contribution in [-0.2, 0) is 29.1 Å². The summed E-state index contributed by atoms with van der Waals surface area (Å²) in [6.07, 6.45) is 1.60. The molecule has 3 aromatic carbocycles. The Morgan fingerprint density at radius 3 is 2.36 bits per heavy atom. The van der Waals surface area contributed by atoms with E-state index in [4.69, 9.17) is 14.2 Å². The molecule has 0 fully saturated rings. The standard InChI is InChI=1S/C32H26F4N2O6/c1-42-32(41)28-30(43-16-18-6-3-2-4-7-18)29(39)22(31(40)44-17-23-25(35)12-19(33)13-26(23)36)15-38(28)20-10-11-21-24(34)8-5-9-27(21)37-14-20/h2-9,12-13,15,20,37H,10-11,14,16-17H2,1H3/t20-/m1/s1. The molecule has 0 bridgehead atoms. The first-order valence-corrected chi connectivity index (χ1v) is 13.5. The van der Waals surface area contributed by atoms with Gasteiger partial charge in [0.25, 0.3) is 0 Å². The largest absolute Gasteiger partial charge is 0.482 e. The van der Waals surface area contributed by atoms with Crippen molar-refractivity contribution in [1.29, 1.82) is 0 Å². The number of anilines is 1. The molecule has 228 valence electrons. The van der Waals surface area contributed by atoms with Crippen LogP contribution in [0.3, 0.4) is 0 Å². The van der Waals surface area contributed by atoms with Crippen LogP contribution in [0.5, 0.6) is 5.75 Å². The maximum absolute atomic E-state index is 14.6. The number of hydrogen-bond donors (Lipinski definition) is 1. The highest BCUT2D eigenvalue weighted by Gasteiger charge is 2.31. The molecule has 0 radical (unpaired) electrons. The molecular weight excluding hydrogens is 584 g/mol. The Balaban J connectivity index is 1.57. The third-order valence-electron chi connectivity index (χ3n) is 7.24. The van der Waals surface area contributed by atoms with Crippen LogP contribution in [0.25, 0.3) is 0 Å². The minimum Gasteiger partial charge on any atom is -0.482 e. The van der Waals surface area contributed by atoms with Gasteiger partial charge in [0.2, 0.25) is 5.43 Å². The first-order valence-electron chi connectivity index (χ1n) is 13.5. The lowest BCUT2D eigenvalue weighted by Crippen LogP contribution is -2.31. The lowest BCUT2D eigenvalue weighted by atomic mass is 10.0. The Morgan fingerprint density at radius 1 is 0.932 bits per heavy atom. The van der Waals surface area contributed by atoms with Gasteiger partial charge < -0.3 is 24.1 Å². The fraction of sp³-hybridized carbons (Fsp3) is 0.219. The lowest BCUT2D eigenvalue weighted by Gasteiger charge is -2.24. The second-order valence-corrected chi connectivity index (χ2v) is 9.99. The summed E-state index contributed by atoms with van der Waals surface area (Å²) in [5.41, 5.74) is -1.02. The number of halogens is 4. The van der Waals surface area contributed by atoms with Crippen LogP contribution in [0.15, 0.2) is 71.7 Å². The summed E-state index contributed by atoms with van der Waals surface area (Å²) < 4.78 is 73.6. The van der Waals surface area contributed by atoms with Crippen molar-refractivity contribution in [2.75, 3.05) is 19.0 Å². The Bertz CT molecular complexity index is 1750. The van der Waals surface area contributed by atoms with E-state index in [1.54, 1.807) is 42.5 Å².